The Kier molecular flexibility index (Phi) is 4.74. The van der Waals surface area contributed by atoms with Gasteiger partial charge in [-0.25, -0.2) is 13.1 Å². The van der Waals surface area contributed by atoms with Crippen molar-refractivity contribution < 1.29 is 13.3 Å². The van der Waals surface area contributed by atoms with Crippen molar-refractivity contribution in [3.8, 4) is 0 Å². The predicted octanol–water partition coefficient (Wildman–Crippen LogP) is 1.34. The van der Waals surface area contributed by atoms with Gasteiger partial charge in [0.25, 0.3) is 5.69 Å². The molecule has 22 heavy (non-hydrogen) atoms. The van der Waals surface area contributed by atoms with Gasteiger partial charge in [-0.2, -0.15) is 0 Å². The fourth-order valence-corrected chi connectivity index (χ4v) is 3.07. The van der Waals surface area contributed by atoms with Gasteiger partial charge in [-0.3, -0.25) is 10.1 Å². The Morgan fingerprint density at radius 2 is 2.18 bits per heavy atom. The van der Waals surface area contributed by atoms with Crippen LogP contribution < -0.4 is 4.72 Å². The van der Waals surface area contributed by atoms with E-state index in [9.17, 15) is 18.5 Å². The van der Waals surface area contributed by atoms with E-state index < -0.39 is 25.5 Å². The van der Waals surface area contributed by atoms with E-state index in [2.05, 4.69) is 14.9 Å². The van der Waals surface area contributed by atoms with Crippen LogP contribution in [-0.4, -0.2) is 28.1 Å². The number of sulfonamides is 1. The lowest BCUT2D eigenvalue weighted by Gasteiger charge is -2.08. The van der Waals surface area contributed by atoms with Crippen LogP contribution in [0.15, 0.2) is 29.4 Å². The minimum atomic E-state index is -4.09. The monoisotopic (exact) mass is 345 g/mol. The van der Waals surface area contributed by atoms with E-state index in [-0.39, 0.29) is 11.6 Å². The molecule has 9 nitrogen and oxygen atoms in total. The second-order valence-corrected chi connectivity index (χ2v) is 6.40. The van der Waals surface area contributed by atoms with Crippen LogP contribution in [0, 0.1) is 10.1 Å². The molecule has 0 amide bonds. The predicted molar refractivity (Wildman–Crippen MR) is 77.8 cm³/mol. The highest BCUT2D eigenvalue weighted by Crippen LogP contribution is 2.27. The van der Waals surface area contributed by atoms with Crippen LogP contribution in [0.5, 0.6) is 0 Å². The van der Waals surface area contributed by atoms with Crippen molar-refractivity contribution >= 4 is 27.3 Å². The summed E-state index contributed by atoms with van der Waals surface area (Å²) >= 11 is 5.67. The Morgan fingerprint density at radius 1 is 1.45 bits per heavy atom. The van der Waals surface area contributed by atoms with E-state index in [0.717, 1.165) is 12.1 Å². The van der Waals surface area contributed by atoms with Crippen molar-refractivity contribution in [2.24, 2.45) is 0 Å². The van der Waals surface area contributed by atoms with Crippen molar-refractivity contribution in [3.63, 3.8) is 0 Å². The fraction of sp³-hybridized carbons (Fsp3) is 0.273. The minimum Gasteiger partial charge on any atom is -0.317 e. The van der Waals surface area contributed by atoms with Gasteiger partial charge in [0.05, 0.1) is 11.5 Å². The lowest BCUT2D eigenvalue weighted by atomic mass is 10.3. The van der Waals surface area contributed by atoms with Crippen molar-refractivity contribution in [2.75, 3.05) is 0 Å². The third kappa shape index (κ3) is 3.40. The summed E-state index contributed by atoms with van der Waals surface area (Å²) in [5.41, 5.74) is -0.586. The molecule has 0 atom stereocenters. The number of halogens is 1. The molecule has 118 valence electrons. The summed E-state index contributed by atoms with van der Waals surface area (Å²) in [7, 11) is -4.09. The fourth-order valence-electron chi connectivity index (χ4n) is 1.78. The first-order valence-electron chi connectivity index (χ1n) is 6.15. The highest BCUT2D eigenvalue weighted by atomic mass is 35.5. The Morgan fingerprint density at radius 3 is 2.82 bits per heavy atom. The zero-order valence-electron chi connectivity index (χ0n) is 11.4. The summed E-state index contributed by atoms with van der Waals surface area (Å²) in [6, 6.07) is 3.36. The summed E-state index contributed by atoms with van der Waals surface area (Å²) in [5, 5.41) is 18.5. The number of aryl methyl sites for hydroxylation is 1. The molecule has 0 saturated heterocycles. The number of rotatable bonds is 6. The smallest absolute Gasteiger partial charge is 0.290 e. The molecule has 0 fully saturated rings. The number of hydrogen-bond acceptors (Lipinski definition) is 6. The summed E-state index contributed by atoms with van der Waals surface area (Å²) in [6.07, 6.45) is 1.47. The Balaban J connectivity index is 2.30. The molecule has 0 radical (unpaired) electrons. The molecule has 1 heterocycles. The maximum atomic E-state index is 12.2. The normalized spacial score (nSPS) is 11.5. The quantitative estimate of drug-likeness (QED) is 0.623. The van der Waals surface area contributed by atoms with Crippen LogP contribution in [-0.2, 0) is 23.1 Å². The topological polar surface area (TPSA) is 120 Å². The number of nitro groups is 1. The number of aromatic nitrogens is 3. The van der Waals surface area contributed by atoms with Crippen LogP contribution in [0.3, 0.4) is 0 Å². The van der Waals surface area contributed by atoms with Crippen LogP contribution in [0.2, 0.25) is 5.02 Å². The Bertz CT molecular complexity index is 805. The molecule has 0 aliphatic rings. The van der Waals surface area contributed by atoms with E-state index in [1.807, 2.05) is 6.92 Å². The van der Waals surface area contributed by atoms with Crippen LogP contribution in [0.25, 0.3) is 0 Å². The lowest BCUT2D eigenvalue weighted by Crippen LogP contribution is -2.25. The molecule has 1 aromatic heterocycles. The molecule has 0 saturated carbocycles. The average molecular weight is 346 g/mol. The molecule has 2 aromatic rings. The first kappa shape index (κ1) is 16.3. The minimum absolute atomic E-state index is 0.0800. The molecule has 0 spiro atoms. The molecule has 0 aliphatic carbocycles. The summed E-state index contributed by atoms with van der Waals surface area (Å²) in [5.74, 6) is 0.405. The van der Waals surface area contributed by atoms with Crippen LogP contribution in [0.4, 0.5) is 5.69 Å². The van der Waals surface area contributed by atoms with Gasteiger partial charge >= 0.3 is 0 Å². The largest absolute Gasteiger partial charge is 0.317 e. The molecule has 11 heteroatoms. The molecule has 2 rings (SSSR count). The van der Waals surface area contributed by atoms with Crippen LogP contribution in [0.1, 0.15) is 12.7 Å². The zero-order valence-corrected chi connectivity index (χ0v) is 13.0. The summed E-state index contributed by atoms with van der Waals surface area (Å²) in [4.78, 5) is 9.73. The first-order chi connectivity index (χ1) is 10.3. The van der Waals surface area contributed by atoms with E-state index in [4.69, 9.17) is 11.6 Å². The highest BCUT2D eigenvalue weighted by molar-refractivity contribution is 7.89. The lowest BCUT2D eigenvalue weighted by molar-refractivity contribution is -0.387. The number of nitrogens with zero attached hydrogens (tertiary/aromatic N) is 4. The number of hydrogen-bond donors (Lipinski definition) is 1. The Hall–Kier alpha value is -2.04. The molecule has 0 aliphatic heterocycles. The van der Waals surface area contributed by atoms with Crippen molar-refractivity contribution in [1.82, 2.24) is 19.5 Å². The van der Waals surface area contributed by atoms with Gasteiger partial charge in [-0.1, -0.05) is 11.6 Å². The molecular weight excluding hydrogens is 334 g/mol. The van der Waals surface area contributed by atoms with E-state index >= 15 is 0 Å². The summed E-state index contributed by atoms with van der Waals surface area (Å²) < 4.78 is 28.4. The van der Waals surface area contributed by atoms with Crippen LogP contribution >= 0.6 is 11.6 Å². The van der Waals surface area contributed by atoms with Gasteiger partial charge < -0.3 is 4.57 Å². The van der Waals surface area contributed by atoms with Crippen molar-refractivity contribution in [3.05, 3.63) is 45.5 Å². The van der Waals surface area contributed by atoms with E-state index in [1.165, 1.54) is 12.4 Å². The van der Waals surface area contributed by atoms with E-state index in [1.54, 1.807) is 4.57 Å². The zero-order chi connectivity index (χ0) is 16.3. The maximum Gasteiger partial charge on any atom is 0.290 e. The van der Waals surface area contributed by atoms with Gasteiger partial charge in [0.1, 0.15) is 12.2 Å². The van der Waals surface area contributed by atoms with Crippen molar-refractivity contribution in [1.29, 1.82) is 0 Å². The number of nitro benzene ring substituents is 1. The highest BCUT2D eigenvalue weighted by Gasteiger charge is 2.26. The van der Waals surface area contributed by atoms with E-state index in [0.29, 0.717) is 12.4 Å². The van der Waals surface area contributed by atoms with Gasteiger partial charge in [-0.15, -0.1) is 10.2 Å². The van der Waals surface area contributed by atoms with Crippen molar-refractivity contribution in [2.45, 2.75) is 24.9 Å². The molecule has 0 unspecified atom stereocenters. The third-order valence-electron chi connectivity index (χ3n) is 2.86. The Labute approximate surface area is 131 Å². The molecular formula is C11H12ClN5O4S. The molecule has 0 bridgehead atoms. The second kappa shape index (κ2) is 6.38. The van der Waals surface area contributed by atoms with Gasteiger partial charge in [0.2, 0.25) is 10.0 Å². The molecule has 1 aromatic carbocycles. The standard InChI is InChI=1S/C11H12ClN5O4S/c1-2-16-7-13-15-11(16)6-14-22(20,21)10-4-3-8(12)5-9(10)17(18)19/h3-5,7,14H,2,6H2,1H3. The van der Waals surface area contributed by atoms with Gasteiger partial charge in [0.15, 0.2) is 4.90 Å². The summed E-state index contributed by atoms with van der Waals surface area (Å²) in [6.45, 7) is 2.30. The maximum absolute atomic E-state index is 12.2. The molecule has 1 N–H and O–H groups in total. The van der Waals surface area contributed by atoms with Gasteiger partial charge in [0, 0.05) is 17.6 Å². The average Bonchev–Trinajstić information content (AvgIpc) is 2.92. The SMILES string of the molecule is CCn1cnnc1CNS(=O)(=O)c1ccc(Cl)cc1[N+](=O)[O-]. The first-order valence-corrected chi connectivity index (χ1v) is 8.01. The number of nitrogens with one attached hydrogen (secondary N) is 1. The number of benzene rings is 1. The van der Waals surface area contributed by atoms with Gasteiger partial charge in [-0.05, 0) is 19.1 Å². The second-order valence-electron chi connectivity index (χ2n) is 4.23. The third-order valence-corrected chi connectivity index (χ3v) is 4.55.